The van der Waals surface area contributed by atoms with Crippen LogP contribution in [0, 0.1) is 46.3 Å². The maximum absolute atomic E-state index is 11.4. The van der Waals surface area contributed by atoms with Gasteiger partial charge in [0.25, 0.3) is 0 Å². The number of aliphatic hydroxyl groups is 1. The molecule has 3 heteroatoms. The molecule has 0 aromatic rings. The number of ether oxygens (including phenoxy) is 1. The molecule has 4 rings (SSSR count). The lowest BCUT2D eigenvalue weighted by Crippen LogP contribution is -2.54. The maximum atomic E-state index is 11.4. The molecule has 4 aliphatic carbocycles. The monoisotopic (exact) mass is 390 g/mol. The van der Waals surface area contributed by atoms with Crippen LogP contribution in [0.1, 0.15) is 91.9 Å². The zero-order valence-corrected chi connectivity index (χ0v) is 18.6. The highest BCUT2D eigenvalue weighted by Gasteiger charge is 2.60. The summed E-state index contributed by atoms with van der Waals surface area (Å²) >= 11 is 0. The lowest BCUT2D eigenvalue weighted by Gasteiger charge is -2.61. The summed E-state index contributed by atoms with van der Waals surface area (Å²) < 4.78 is 5.61. The molecule has 0 radical (unpaired) electrons. The van der Waals surface area contributed by atoms with Crippen molar-refractivity contribution in [2.24, 2.45) is 46.3 Å². The average molecular weight is 391 g/mol. The predicted molar refractivity (Wildman–Crippen MR) is 112 cm³/mol. The smallest absolute Gasteiger partial charge is 0.302 e. The van der Waals surface area contributed by atoms with Crippen molar-refractivity contribution in [1.29, 1.82) is 0 Å². The van der Waals surface area contributed by atoms with Crippen molar-refractivity contribution in [1.82, 2.24) is 0 Å². The van der Waals surface area contributed by atoms with Crippen molar-refractivity contribution in [3.05, 3.63) is 0 Å². The molecular weight excluding hydrogens is 348 g/mol. The molecule has 28 heavy (non-hydrogen) atoms. The van der Waals surface area contributed by atoms with Crippen molar-refractivity contribution >= 4 is 5.97 Å². The number of rotatable bonds is 4. The minimum atomic E-state index is -0.107. The van der Waals surface area contributed by atoms with Crippen LogP contribution in [0.5, 0.6) is 0 Å². The summed E-state index contributed by atoms with van der Waals surface area (Å²) in [5, 5.41) is 9.47. The number of carbonyl (C=O) groups excluding carboxylic acids is 1. The van der Waals surface area contributed by atoms with E-state index in [0.29, 0.717) is 23.4 Å². The third-order valence-corrected chi connectivity index (χ3v) is 10.3. The van der Waals surface area contributed by atoms with E-state index in [-0.39, 0.29) is 12.1 Å². The van der Waals surface area contributed by atoms with Gasteiger partial charge in [-0.2, -0.15) is 0 Å². The largest absolute Gasteiger partial charge is 0.463 e. The Morgan fingerprint density at radius 3 is 2.46 bits per heavy atom. The molecule has 0 bridgehead atoms. The molecule has 4 aliphatic rings. The average Bonchev–Trinajstić information content (AvgIpc) is 2.99. The zero-order valence-electron chi connectivity index (χ0n) is 18.6. The minimum Gasteiger partial charge on any atom is -0.463 e. The summed E-state index contributed by atoms with van der Waals surface area (Å²) in [5.74, 6) is 4.75. The Hall–Kier alpha value is -0.570. The second-order valence-corrected chi connectivity index (χ2v) is 11.4. The number of esters is 1. The molecular formula is C25H42O3. The molecule has 0 spiro atoms. The second kappa shape index (κ2) is 7.60. The molecule has 0 amide bonds. The number of fused-ring (bicyclic) bond motifs is 5. The Labute approximate surface area is 172 Å². The van der Waals surface area contributed by atoms with Crippen molar-refractivity contribution in [2.45, 2.75) is 98.0 Å². The Bertz CT molecular complexity index is 588. The van der Waals surface area contributed by atoms with E-state index in [1.807, 2.05) is 0 Å². The number of hydrogen-bond donors (Lipinski definition) is 1. The maximum Gasteiger partial charge on any atom is 0.302 e. The van der Waals surface area contributed by atoms with E-state index in [1.165, 1.54) is 44.9 Å². The Morgan fingerprint density at radius 2 is 1.75 bits per heavy atom. The molecule has 9 unspecified atom stereocenters. The molecule has 0 aromatic carbocycles. The molecule has 3 nitrogen and oxygen atoms in total. The lowest BCUT2D eigenvalue weighted by molar-refractivity contribution is -0.160. The van der Waals surface area contributed by atoms with Crippen LogP contribution in [-0.4, -0.2) is 23.8 Å². The molecule has 0 aromatic heterocycles. The number of aliphatic hydroxyl groups excluding tert-OH is 1. The molecule has 9 atom stereocenters. The van der Waals surface area contributed by atoms with Gasteiger partial charge in [0.05, 0.1) is 0 Å². The second-order valence-electron chi connectivity index (χ2n) is 11.4. The highest BCUT2D eigenvalue weighted by Crippen LogP contribution is 2.68. The van der Waals surface area contributed by atoms with Crippen molar-refractivity contribution in [3.63, 3.8) is 0 Å². The van der Waals surface area contributed by atoms with Gasteiger partial charge in [0.1, 0.15) is 6.10 Å². The van der Waals surface area contributed by atoms with Crippen LogP contribution in [0.15, 0.2) is 0 Å². The van der Waals surface area contributed by atoms with Crippen molar-refractivity contribution in [2.75, 3.05) is 6.61 Å². The van der Waals surface area contributed by atoms with Crippen LogP contribution in [0.4, 0.5) is 0 Å². The van der Waals surface area contributed by atoms with Gasteiger partial charge in [-0.25, -0.2) is 0 Å². The van der Waals surface area contributed by atoms with Gasteiger partial charge in [-0.1, -0.05) is 20.8 Å². The predicted octanol–water partition coefficient (Wildman–Crippen LogP) is 5.60. The third kappa shape index (κ3) is 3.24. The fourth-order valence-corrected chi connectivity index (χ4v) is 8.94. The van der Waals surface area contributed by atoms with Gasteiger partial charge >= 0.3 is 5.97 Å². The molecule has 0 aliphatic heterocycles. The molecule has 160 valence electrons. The fourth-order valence-electron chi connectivity index (χ4n) is 8.94. The van der Waals surface area contributed by atoms with Crippen molar-refractivity contribution in [3.8, 4) is 0 Å². The van der Waals surface area contributed by atoms with Crippen LogP contribution in [0.25, 0.3) is 0 Å². The van der Waals surface area contributed by atoms with E-state index < -0.39 is 0 Å². The summed E-state index contributed by atoms with van der Waals surface area (Å²) in [4.78, 5) is 11.4. The molecule has 0 saturated heterocycles. The van der Waals surface area contributed by atoms with Gasteiger partial charge in [-0.3, -0.25) is 4.79 Å². The van der Waals surface area contributed by atoms with Crippen LogP contribution in [0.3, 0.4) is 0 Å². The van der Waals surface area contributed by atoms with Gasteiger partial charge in [-0.15, -0.1) is 0 Å². The van der Waals surface area contributed by atoms with Crippen LogP contribution in [0.2, 0.25) is 0 Å². The number of carbonyl (C=O) groups is 1. The highest BCUT2D eigenvalue weighted by molar-refractivity contribution is 5.66. The zero-order chi connectivity index (χ0) is 20.1. The van der Waals surface area contributed by atoms with Crippen LogP contribution >= 0.6 is 0 Å². The topological polar surface area (TPSA) is 46.5 Å². The van der Waals surface area contributed by atoms with Gasteiger partial charge < -0.3 is 9.84 Å². The van der Waals surface area contributed by atoms with Crippen LogP contribution in [-0.2, 0) is 9.53 Å². The summed E-state index contributed by atoms with van der Waals surface area (Å²) in [5.41, 5.74) is 0.948. The fraction of sp³-hybridized carbons (Fsp3) is 0.960. The molecule has 4 saturated carbocycles. The third-order valence-electron chi connectivity index (χ3n) is 10.3. The summed E-state index contributed by atoms with van der Waals surface area (Å²) in [7, 11) is 0. The van der Waals surface area contributed by atoms with E-state index in [0.717, 1.165) is 48.9 Å². The van der Waals surface area contributed by atoms with Crippen LogP contribution < -0.4 is 0 Å². The SMILES string of the molecule is CC(=O)OC1CCC2(C)C(CCC3C2CCC2(C)C(C(C)CCO)CCC32)C1. The van der Waals surface area contributed by atoms with E-state index >= 15 is 0 Å². The lowest BCUT2D eigenvalue weighted by atomic mass is 9.44. The number of hydrogen-bond acceptors (Lipinski definition) is 3. The first kappa shape index (κ1) is 20.7. The Kier molecular flexibility index (Phi) is 5.61. The van der Waals surface area contributed by atoms with E-state index in [9.17, 15) is 9.90 Å². The van der Waals surface area contributed by atoms with Gasteiger partial charge in [0.15, 0.2) is 0 Å². The first-order chi connectivity index (χ1) is 13.3. The van der Waals surface area contributed by atoms with Gasteiger partial charge in [0, 0.05) is 13.5 Å². The Morgan fingerprint density at radius 1 is 1.04 bits per heavy atom. The van der Waals surface area contributed by atoms with Crippen molar-refractivity contribution < 1.29 is 14.6 Å². The first-order valence-corrected chi connectivity index (χ1v) is 12.1. The van der Waals surface area contributed by atoms with E-state index in [2.05, 4.69) is 20.8 Å². The normalized spacial score (nSPS) is 48.9. The standard InChI is InChI=1S/C25H42O3/c1-16(11-14-26)21-7-8-22-20-6-5-18-15-19(28-17(2)27)9-12-24(18,3)23(20)10-13-25(21,22)4/h16,18-23,26H,5-15H2,1-4H3. The van der Waals surface area contributed by atoms with E-state index in [1.54, 1.807) is 6.92 Å². The van der Waals surface area contributed by atoms with Gasteiger partial charge in [-0.05, 0) is 111 Å². The first-order valence-electron chi connectivity index (χ1n) is 12.1. The van der Waals surface area contributed by atoms with Gasteiger partial charge in [0.2, 0.25) is 0 Å². The summed E-state index contributed by atoms with van der Waals surface area (Å²) in [6.45, 7) is 9.47. The molecule has 1 N–H and O–H groups in total. The summed E-state index contributed by atoms with van der Waals surface area (Å²) in [6.07, 6.45) is 12.8. The highest BCUT2D eigenvalue weighted by atomic mass is 16.5. The quantitative estimate of drug-likeness (QED) is 0.636. The summed E-state index contributed by atoms with van der Waals surface area (Å²) in [6, 6.07) is 0. The molecule has 4 fully saturated rings. The van der Waals surface area contributed by atoms with E-state index in [4.69, 9.17) is 4.74 Å². The molecule has 0 heterocycles. The minimum absolute atomic E-state index is 0.107. The Balaban J connectivity index is 1.50.